The highest BCUT2D eigenvalue weighted by molar-refractivity contribution is 5.24. The number of nitrogens with two attached hydrogens (primary N) is 1. The molecule has 3 nitrogen and oxygen atoms in total. The van der Waals surface area contributed by atoms with E-state index in [2.05, 4.69) is 5.10 Å². The molecule has 0 saturated heterocycles. The molecule has 0 radical (unpaired) electrons. The Labute approximate surface area is 117 Å². The molecule has 20 heavy (non-hydrogen) atoms. The molecule has 1 aromatic heterocycles. The number of aromatic nitrogens is 2. The maximum absolute atomic E-state index is 13.7. The summed E-state index contributed by atoms with van der Waals surface area (Å²) in [7, 11) is 0. The molecular weight excluding hydrogens is 260 g/mol. The number of rotatable bonds is 5. The lowest BCUT2D eigenvalue weighted by atomic mass is 10.0. The van der Waals surface area contributed by atoms with Gasteiger partial charge in [0.2, 0.25) is 0 Å². The Balaban J connectivity index is 2.25. The predicted molar refractivity (Wildman–Crippen MR) is 74.3 cm³/mol. The molecule has 2 aromatic rings. The van der Waals surface area contributed by atoms with Crippen LogP contribution < -0.4 is 5.73 Å². The third-order valence-corrected chi connectivity index (χ3v) is 3.39. The summed E-state index contributed by atoms with van der Waals surface area (Å²) in [5.74, 6) is -1.73. The van der Waals surface area contributed by atoms with Crippen molar-refractivity contribution in [3.63, 3.8) is 0 Å². The SMILES string of the molecule is CCc1cc(CC(N)c2cccc(F)c2F)n(CC)n1. The summed E-state index contributed by atoms with van der Waals surface area (Å²) in [5.41, 5.74) is 8.15. The lowest BCUT2D eigenvalue weighted by Crippen LogP contribution is -2.18. The minimum atomic E-state index is -0.865. The first-order chi connectivity index (χ1) is 9.56. The summed E-state index contributed by atoms with van der Waals surface area (Å²) in [5, 5.41) is 4.43. The first-order valence-corrected chi connectivity index (χ1v) is 6.81. The Bertz CT molecular complexity index is 593. The Morgan fingerprint density at radius 1 is 1.30 bits per heavy atom. The zero-order valence-corrected chi connectivity index (χ0v) is 11.7. The lowest BCUT2D eigenvalue weighted by molar-refractivity contribution is 0.484. The van der Waals surface area contributed by atoms with E-state index < -0.39 is 17.7 Å². The van der Waals surface area contributed by atoms with E-state index in [1.807, 2.05) is 24.6 Å². The normalized spacial score (nSPS) is 12.7. The van der Waals surface area contributed by atoms with Crippen LogP contribution in [0.5, 0.6) is 0 Å². The summed E-state index contributed by atoms with van der Waals surface area (Å²) < 4.78 is 28.8. The van der Waals surface area contributed by atoms with Crippen molar-refractivity contribution in [1.82, 2.24) is 9.78 Å². The third kappa shape index (κ3) is 2.88. The summed E-state index contributed by atoms with van der Waals surface area (Å²) in [6.07, 6.45) is 1.27. The highest BCUT2D eigenvalue weighted by Crippen LogP contribution is 2.21. The molecule has 108 valence electrons. The molecule has 1 atom stereocenters. The molecule has 0 aliphatic heterocycles. The summed E-state index contributed by atoms with van der Waals surface area (Å²) >= 11 is 0. The number of hydrogen-bond donors (Lipinski definition) is 1. The van der Waals surface area contributed by atoms with Crippen LogP contribution in [0.1, 0.15) is 36.8 Å². The quantitative estimate of drug-likeness (QED) is 0.914. The number of hydrogen-bond acceptors (Lipinski definition) is 2. The average molecular weight is 279 g/mol. The van der Waals surface area contributed by atoms with E-state index >= 15 is 0 Å². The van der Waals surface area contributed by atoms with Crippen LogP contribution >= 0.6 is 0 Å². The monoisotopic (exact) mass is 279 g/mol. The first kappa shape index (κ1) is 14.7. The van der Waals surface area contributed by atoms with Crippen LogP contribution in [-0.2, 0) is 19.4 Å². The Kier molecular flexibility index (Phi) is 4.49. The zero-order chi connectivity index (χ0) is 14.7. The second-order valence-electron chi connectivity index (χ2n) is 4.75. The molecule has 0 spiro atoms. The van der Waals surface area contributed by atoms with Crippen LogP contribution in [0.15, 0.2) is 24.3 Å². The van der Waals surface area contributed by atoms with Gasteiger partial charge in [-0.15, -0.1) is 0 Å². The topological polar surface area (TPSA) is 43.8 Å². The smallest absolute Gasteiger partial charge is 0.163 e. The van der Waals surface area contributed by atoms with Gasteiger partial charge in [-0.2, -0.15) is 5.10 Å². The molecule has 0 amide bonds. The van der Waals surface area contributed by atoms with Crippen LogP contribution in [0.3, 0.4) is 0 Å². The fourth-order valence-corrected chi connectivity index (χ4v) is 2.27. The molecule has 5 heteroatoms. The minimum absolute atomic E-state index is 0.201. The van der Waals surface area contributed by atoms with Crippen molar-refractivity contribution < 1.29 is 8.78 Å². The first-order valence-electron chi connectivity index (χ1n) is 6.81. The van der Waals surface area contributed by atoms with E-state index in [0.29, 0.717) is 6.42 Å². The minimum Gasteiger partial charge on any atom is -0.324 e. The fourth-order valence-electron chi connectivity index (χ4n) is 2.27. The lowest BCUT2D eigenvalue weighted by Gasteiger charge is -2.14. The number of halogens is 2. The molecule has 1 aromatic carbocycles. The Hall–Kier alpha value is -1.75. The van der Waals surface area contributed by atoms with Gasteiger partial charge in [0.25, 0.3) is 0 Å². The molecule has 0 saturated carbocycles. The van der Waals surface area contributed by atoms with E-state index in [1.165, 1.54) is 12.1 Å². The van der Waals surface area contributed by atoms with Crippen molar-refractivity contribution >= 4 is 0 Å². The molecular formula is C15H19F2N3. The van der Waals surface area contributed by atoms with E-state index in [1.54, 1.807) is 0 Å². The van der Waals surface area contributed by atoms with Gasteiger partial charge in [0.15, 0.2) is 11.6 Å². The van der Waals surface area contributed by atoms with Gasteiger partial charge in [0.05, 0.1) is 5.69 Å². The largest absolute Gasteiger partial charge is 0.324 e. The van der Waals surface area contributed by atoms with E-state index in [0.717, 1.165) is 30.4 Å². The molecule has 0 bridgehead atoms. The van der Waals surface area contributed by atoms with Crippen LogP contribution in [0.25, 0.3) is 0 Å². The van der Waals surface area contributed by atoms with Crippen molar-refractivity contribution in [2.75, 3.05) is 0 Å². The van der Waals surface area contributed by atoms with Crippen LogP contribution in [0, 0.1) is 11.6 Å². The number of benzene rings is 1. The predicted octanol–water partition coefficient (Wildman–Crippen LogP) is 2.99. The van der Waals surface area contributed by atoms with Crippen molar-refractivity contribution in [3.05, 3.63) is 52.9 Å². The third-order valence-electron chi connectivity index (χ3n) is 3.39. The molecule has 0 fully saturated rings. The molecule has 1 heterocycles. The van der Waals surface area contributed by atoms with Gasteiger partial charge in [0, 0.05) is 30.3 Å². The van der Waals surface area contributed by atoms with Crippen molar-refractivity contribution in [3.8, 4) is 0 Å². The van der Waals surface area contributed by atoms with Gasteiger partial charge in [-0.3, -0.25) is 4.68 Å². The number of aryl methyl sites for hydroxylation is 2. The fraction of sp³-hybridized carbons (Fsp3) is 0.400. The van der Waals surface area contributed by atoms with Gasteiger partial charge in [-0.25, -0.2) is 8.78 Å². The maximum Gasteiger partial charge on any atom is 0.163 e. The van der Waals surface area contributed by atoms with Crippen LogP contribution in [0.2, 0.25) is 0 Å². The van der Waals surface area contributed by atoms with Crippen LogP contribution in [0.4, 0.5) is 8.78 Å². The standard InChI is InChI=1S/C15H19F2N3/c1-3-10-8-11(20(4-2)19-10)9-14(18)12-6-5-7-13(16)15(12)17/h5-8,14H,3-4,9,18H2,1-2H3. The second kappa shape index (κ2) is 6.13. The van der Waals surface area contributed by atoms with Gasteiger partial charge in [-0.05, 0) is 25.5 Å². The van der Waals surface area contributed by atoms with E-state index in [9.17, 15) is 8.78 Å². The zero-order valence-electron chi connectivity index (χ0n) is 11.7. The van der Waals surface area contributed by atoms with Crippen molar-refractivity contribution in [1.29, 1.82) is 0 Å². The molecule has 0 aliphatic carbocycles. The summed E-state index contributed by atoms with van der Waals surface area (Å²) in [4.78, 5) is 0. The number of nitrogens with zero attached hydrogens (tertiary/aromatic N) is 2. The molecule has 1 unspecified atom stereocenters. The maximum atomic E-state index is 13.7. The van der Waals surface area contributed by atoms with Crippen molar-refractivity contribution in [2.45, 2.75) is 39.3 Å². The van der Waals surface area contributed by atoms with Gasteiger partial charge in [0.1, 0.15) is 0 Å². The van der Waals surface area contributed by atoms with Crippen LogP contribution in [-0.4, -0.2) is 9.78 Å². The highest BCUT2D eigenvalue weighted by atomic mass is 19.2. The van der Waals surface area contributed by atoms with Crippen molar-refractivity contribution in [2.24, 2.45) is 5.73 Å². The molecule has 0 aliphatic rings. The average Bonchev–Trinajstić information content (AvgIpc) is 2.84. The van der Waals surface area contributed by atoms with Gasteiger partial charge in [-0.1, -0.05) is 19.1 Å². The van der Waals surface area contributed by atoms with Gasteiger partial charge < -0.3 is 5.73 Å². The Morgan fingerprint density at radius 2 is 2.05 bits per heavy atom. The summed E-state index contributed by atoms with van der Waals surface area (Å²) in [6, 6.07) is 5.48. The van der Waals surface area contributed by atoms with Gasteiger partial charge >= 0.3 is 0 Å². The summed E-state index contributed by atoms with van der Waals surface area (Å²) in [6.45, 7) is 4.75. The Morgan fingerprint density at radius 3 is 2.70 bits per heavy atom. The second-order valence-corrected chi connectivity index (χ2v) is 4.75. The van der Waals surface area contributed by atoms with E-state index in [4.69, 9.17) is 5.73 Å². The highest BCUT2D eigenvalue weighted by Gasteiger charge is 2.17. The molecule has 2 N–H and O–H groups in total. The van der Waals surface area contributed by atoms with E-state index in [-0.39, 0.29) is 5.56 Å². The molecule has 2 rings (SSSR count).